The maximum Gasteiger partial charge on any atom is 0.123 e. The number of nitrogens with zero attached hydrogens (tertiary/aromatic N) is 1. The first-order chi connectivity index (χ1) is 7.43. The minimum atomic E-state index is -0.911. The SMILES string of the molecule is CCn1c(C(C)(C)O)cc2cc(F)ccc21. The van der Waals surface area contributed by atoms with Crippen LogP contribution in [0.1, 0.15) is 26.5 Å². The van der Waals surface area contributed by atoms with Crippen LogP contribution in [0, 0.1) is 5.82 Å². The first kappa shape index (κ1) is 11.1. The second-order valence-electron chi connectivity index (χ2n) is 4.54. The molecular formula is C13H16FNO. The molecule has 0 atom stereocenters. The second kappa shape index (κ2) is 3.59. The predicted molar refractivity (Wildman–Crippen MR) is 62.8 cm³/mol. The van der Waals surface area contributed by atoms with Gasteiger partial charge in [0.1, 0.15) is 5.82 Å². The lowest BCUT2D eigenvalue weighted by molar-refractivity contribution is 0.0704. The van der Waals surface area contributed by atoms with Gasteiger partial charge in [-0.3, -0.25) is 0 Å². The Balaban J connectivity index is 2.76. The molecule has 2 aromatic rings. The van der Waals surface area contributed by atoms with Gasteiger partial charge < -0.3 is 9.67 Å². The molecule has 0 aliphatic heterocycles. The van der Waals surface area contributed by atoms with E-state index in [0.717, 1.165) is 23.1 Å². The molecule has 0 aliphatic rings. The van der Waals surface area contributed by atoms with Crippen molar-refractivity contribution < 1.29 is 9.50 Å². The Kier molecular flexibility index (Phi) is 2.50. The van der Waals surface area contributed by atoms with Crippen molar-refractivity contribution in [2.75, 3.05) is 0 Å². The summed E-state index contributed by atoms with van der Waals surface area (Å²) in [5, 5.41) is 10.9. The number of rotatable bonds is 2. The summed E-state index contributed by atoms with van der Waals surface area (Å²) in [5.74, 6) is -0.247. The van der Waals surface area contributed by atoms with Gasteiger partial charge in [0.15, 0.2) is 0 Å². The molecule has 3 heteroatoms. The monoisotopic (exact) mass is 221 g/mol. The van der Waals surface area contributed by atoms with E-state index < -0.39 is 5.60 Å². The van der Waals surface area contributed by atoms with Gasteiger partial charge in [-0.25, -0.2) is 4.39 Å². The molecule has 1 N–H and O–H groups in total. The van der Waals surface area contributed by atoms with Gasteiger partial charge in [-0.1, -0.05) is 0 Å². The van der Waals surface area contributed by atoms with Crippen molar-refractivity contribution >= 4 is 10.9 Å². The Morgan fingerprint density at radius 3 is 2.56 bits per heavy atom. The molecule has 0 radical (unpaired) electrons. The Bertz CT molecular complexity index is 522. The van der Waals surface area contributed by atoms with Crippen LogP contribution in [-0.4, -0.2) is 9.67 Å². The lowest BCUT2D eigenvalue weighted by atomic mass is 10.1. The molecule has 16 heavy (non-hydrogen) atoms. The van der Waals surface area contributed by atoms with Crippen LogP contribution in [0.2, 0.25) is 0 Å². The van der Waals surface area contributed by atoms with Gasteiger partial charge in [0, 0.05) is 17.4 Å². The van der Waals surface area contributed by atoms with Crippen molar-refractivity contribution in [2.45, 2.75) is 32.9 Å². The molecule has 0 amide bonds. The fraction of sp³-hybridized carbons (Fsp3) is 0.385. The molecule has 0 aliphatic carbocycles. The van der Waals surface area contributed by atoms with Crippen molar-refractivity contribution in [3.8, 4) is 0 Å². The average Bonchev–Trinajstić information content (AvgIpc) is 2.54. The zero-order chi connectivity index (χ0) is 11.9. The maximum absolute atomic E-state index is 13.1. The summed E-state index contributed by atoms with van der Waals surface area (Å²) >= 11 is 0. The molecule has 0 bridgehead atoms. The molecule has 2 rings (SSSR count). The third-order valence-corrected chi connectivity index (χ3v) is 2.81. The smallest absolute Gasteiger partial charge is 0.123 e. The summed E-state index contributed by atoms with van der Waals surface area (Å²) in [5.41, 5.74) is 0.863. The zero-order valence-corrected chi connectivity index (χ0v) is 9.79. The van der Waals surface area contributed by atoms with Gasteiger partial charge in [-0.2, -0.15) is 0 Å². The number of halogens is 1. The van der Waals surface area contributed by atoms with Crippen LogP contribution < -0.4 is 0 Å². The minimum absolute atomic E-state index is 0.247. The van der Waals surface area contributed by atoms with Crippen molar-refractivity contribution in [1.82, 2.24) is 4.57 Å². The minimum Gasteiger partial charge on any atom is -0.384 e. The van der Waals surface area contributed by atoms with Crippen molar-refractivity contribution in [2.24, 2.45) is 0 Å². The van der Waals surface area contributed by atoms with E-state index in [0.29, 0.717) is 0 Å². The maximum atomic E-state index is 13.1. The summed E-state index contributed by atoms with van der Waals surface area (Å²) < 4.78 is 15.1. The van der Waals surface area contributed by atoms with Crippen LogP contribution in [0.4, 0.5) is 4.39 Å². The van der Waals surface area contributed by atoms with Gasteiger partial charge in [-0.05, 0) is 45.0 Å². The number of hydrogen-bond donors (Lipinski definition) is 1. The van der Waals surface area contributed by atoms with Crippen LogP contribution >= 0.6 is 0 Å². The van der Waals surface area contributed by atoms with Crippen molar-refractivity contribution in [1.29, 1.82) is 0 Å². The first-order valence-corrected chi connectivity index (χ1v) is 5.45. The van der Waals surface area contributed by atoms with E-state index in [1.807, 2.05) is 17.6 Å². The standard InChI is InChI=1S/C13H16FNO/c1-4-15-11-6-5-10(14)7-9(11)8-12(15)13(2,3)16/h5-8,16H,4H2,1-3H3. The second-order valence-corrected chi connectivity index (χ2v) is 4.54. The molecule has 0 saturated heterocycles. The zero-order valence-electron chi connectivity index (χ0n) is 9.79. The largest absolute Gasteiger partial charge is 0.384 e. The van der Waals surface area contributed by atoms with E-state index in [1.54, 1.807) is 19.9 Å². The van der Waals surface area contributed by atoms with Gasteiger partial charge in [0.2, 0.25) is 0 Å². The normalized spacial score (nSPS) is 12.3. The molecule has 2 nitrogen and oxygen atoms in total. The molecule has 1 heterocycles. The Morgan fingerprint density at radius 2 is 2.00 bits per heavy atom. The van der Waals surface area contributed by atoms with Gasteiger partial charge in [0.05, 0.1) is 11.3 Å². The molecule has 0 spiro atoms. The highest BCUT2D eigenvalue weighted by Gasteiger charge is 2.22. The molecule has 0 fully saturated rings. The third kappa shape index (κ3) is 1.71. The van der Waals surface area contributed by atoms with E-state index >= 15 is 0 Å². The van der Waals surface area contributed by atoms with Crippen LogP contribution in [0.3, 0.4) is 0 Å². The van der Waals surface area contributed by atoms with Crippen LogP contribution in [-0.2, 0) is 12.1 Å². The third-order valence-electron chi connectivity index (χ3n) is 2.81. The fourth-order valence-electron chi connectivity index (χ4n) is 2.09. The van der Waals surface area contributed by atoms with Gasteiger partial charge in [0.25, 0.3) is 0 Å². The molecular weight excluding hydrogens is 205 g/mol. The molecule has 0 saturated carbocycles. The average molecular weight is 221 g/mol. The lowest BCUT2D eigenvalue weighted by Crippen LogP contribution is -2.20. The predicted octanol–water partition coefficient (Wildman–Crippen LogP) is 3.03. The molecule has 86 valence electrons. The summed E-state index contributed by atoms with van der Waals surface area (Å²) in [6.45, 7) is 6.25. The summed E-state index contributed by atoms with van der Waals surface area (Å²) in [6.07, 6.45) is 0. The highest BCUT2D eigenvalue weighted by Crippen LogP contribution is 2.28. The highest BCUT2D eigenvalue weighted by atomic mass is 19.1. The van der Waals surface area contributed by atoms with E-state index in [1.165, 1.54) is 12.1 Å². The van der Waals surface area contributed by atoms with E-state index in [2.05, 4.69) is 0 Å². The van der Waals surface area contributed by atoms with E-state index in [-0.39, 0.29) is 5.82 Å². The molecule has 1 aromatic carbocycles. The van der Waals surface area contributed by atoms with Crippen LogP contribution in [0.25, 0.3) is 10.9 Å². The summed E-state index contributed by atoms with van der Waals surface area (Å²) in [7, 11) is 0. The van der Waals surface area contributed by atoms with Crippen LogP contribution in [0.5, 0.6) is 0 Å². The highest BCUT2D eigenvalue weighted by molar-refractivity contribution is 5.81. The van der Waals surface area contributed by atoms with Crippen LogP contribution in [0.15, 0.2) is 24.3 Å². The van der Waals surface area contributed by atoms with Gasteiger partial charge in [-0.15, -0.1) is 0 Å². The van der Waals surface area contributed by atoms with Crippen molar-refractivity contribution in [3.05, 3.63) is 35.8 Å². The Labute approximate surface area is 94.3 Å². The number of fused-ring (bicyclic) bond motifs is 1. The van der Waals surface area contributed by atoms with E-state index in [9.17, 15) is 9.50 Å². The number of aryl methyl sites for hydroxylation is 1. The van der Waals surface area contributed by atoms with E-state index in [4.69, 9.17) is 0 Å². The number of benzene rings is 1. The summed E-state index contributed by atoms with van der Waals surface area (Å²) in [4.78, 5) is 0. The summed E-state index contributed by atoms with van der Waals surface area (Å²) in [6, 6.07) is 6.55. The van der Waals surface area contributed by atoms with Gasteiger partial charge >= 0.3 is 0 Å². The number of aliphatic hydroxyl groups is 1. The Morgan fingerprint density at radius 1 is 1.31 bits per heavy atom. The van der Waals surface area contributed by atoms with Crippen molar-refractivity contribution in [3.63, 3.8) is 0 Å². The molecule has 1 aromatic heterocycles. The topological polar surface area (TPSA) is 25.2 Å². The number of hydrogen-bond acceptors (Lipinski definition) is 1. The first-order valence-electron chi connectivity index (χ1n) is 5.45. The number of aromatic nitrogens is 1. The molecule has 0 unspecified atom stereocenters. The lowest BCUT2D eigenvalue weighted by Gasteiger charge is -2.20. The fourth-order valence-corrected chi connectivity index (χ4v) is 2.09. The Hall–Kier alpha value is -1.35. The quantitative estimate of drug-likeness (QED) is 0.828.